The Morgan fingerprint density at radius 1 is 1.25 bits per heavy atom. The molecule has 1 heterocycles. The maximum absolute atomic E-state index is 12.6. The minimum Gasteiger partial charge on any atom is -0.320 e. The van der Waals surface area contributed by atoms with Gasteiger partial charge in [0.15, 0.2) is 9.84 Å². The number of carbonyl (C=O) groups is 1. The van der Waals surface area contributed by atoms with Gasteiger partial charge in [-0.25, -0.2) is 8.42 Å². The van der Waals surface area contributed by atoms with Crippen LogP contribution in [0.3, 0.4) is 0 Å². The molecule has 0 fully saturated rings. The van der Waals surface area contributed by atoms with E-state index in [4.69, 9.17) is 17.3 Å². The lowest BCUT2D eigenvalue weighted by atomic mass is 9.97. The summed E-state index contributed by atoms with van der Waals surface area (Å²) in [5.74, 6) is -0.229. The number of rotatable bonds is 3. The van der Waals surface area contributed by atoms with Crippen molar-refractivity contribution in [2.24, 2.45) is 5.73 Å². The molecule has 1 aliphatic rings. The van der Waals surface area contributed by atoms with Crippen LogP contribution in [-0.4, -0.2) is 26.6 Å². The minimum atomic E-state index is -3.36. The Hall–Kier alpha value is -1.89. The predicted octanol–water partition coefficient (Wildman–Crippen LogP) is 2.16. The highest BCUT2D eigenvalue weighted by atomic mass is 35.5. The Morgan fingerprint density at radius 2 is 2.00 bits per heavy atom. The van der Waals surface area contributed by atoms with E-state index in [9.17, 15) is 13.2 Å². The van der Waals surface area contributed by atoms with Crippen LogP contribution in [0.5, 0.6) is 0 Å². The Kier molecular flexibility index (Phi) is 4.38. The van der Waals surface area contributed by atoms with Gasteiger partial charge < -0.3 is 10.6 Å². The van der Waals surface area contributed by atoms with E-state index >= 15 is 0 Å². The summed E-state index contributed by atoms with van der Waals surface area (Å²) in [4.78, 5) is 14.3. The average molecular weight is 365 g/mol. The van der Waals surface area contributed by atoms with Gasteiger partial charge in [-0.15, -0.1) is 0 Å². The third-order valence-electron chi connectivity index (χ3n) is 4.03. The molecule has 3 rings (SSSR count). The van der Waals surface area contributed by atoms with Gasteiger partial charge in [0.25, 0.3) is 0 Å². The molecule has 0 aliphatic carbocycles. The normalized spacial score (nSPS) is 17.7. The van der Waals surface area contributed by atoms with Crippen molar-refractivity contribution in [1.82, 2.24) is 0 Å². The number of carbonyl (C=O) groups excluding carboxylic acids is 1. The Balaban J connectivity index is 2.07. The number of sulfone groups is 1. The van der Waals surface area contributed by atoms with Crippen molar-refractivity contribution in [2.75, 3.05) is 11.2 Å². The molecule has 24 heavy (non-hydrogen) atoms. The zero-order chi connectivity index (χ0) is 17.5. The quantitative estimate of drug-likeness (QED) is 0.905. The SMILES string of the molecule is CS(=O)(=O)c1ccc2c(c1)N(Cc1cccc(Cl)c1)C(=O)[C@H](N)C2. The van der Waals surface area contributed by atoms with Crippen molar-refractivity contribution < 1.29 is 13.2 Å². The van der Waals surface area contributed by atoms with E-state index < -0.39 is 15.9 Å². The second-order valence-electron chi connectivity index (χ2n) is 5.93. The largest absolute Gasteiger partial charge is 0.320 e. The fourth-order valence-electron chi connectivity index (χ4n) is 2.82. The van der Waals surface area contributed by atoms with Crippen molar-refractivity contribution in [1.29, 1.82) is 0 Å². The summed E-state index contributed by atoms with van der Waals surface area (Å²) in [6.07, 6.45) is 1.54. The van der Waals surface area contributed by atoms with Crippen LogP contribution in [0.15, 0.2) is 47.4 Å². The molecule has 0 radical (unpaired) electrons. The van der Waals surface area contributed by atoms with Crippen LogP contribution in [-0.2, 0) is 27.6 Å². The number of anilines is 1. The molecular formula is C17H17ClN2O3S. The van der Waals surface area contributed by atoms with E-state index in [0.717, 1.165) is 17.4 Å². The van der Waals surface area contributed by atoms with E-state index in [1.54, 1.807) is 36.4 Å². The lowest BCUT2D eigenvalue weighted by Crippen LogP contribution is -2.48. The molecule has 0 spiro atoms. The standard InChI is InChI=1S/C17H17ClN2O3S/c1-24(22,23)14-6-5-12-8-15(19)17(21)20(16(12)9-14)10-11-3-2-4-13(18)7-11/h2-7,9,15H,8,10,19H2,1H3/t15-/m1/s1. The third kappa shape index (κ3) is 3.31. The molecule has 1 amide bonds. The Bertz CT molecular complexity index is 912. The molecule has 7 heteroatoms. The van der Waals surface area contributed by atoms with Gasteiger partial charge in [-0.2, -0.15) is 0 Å². The average Bonchev–Trinajstić information content (AvgIpc) is 2.50. The number of hydrogen-bond acceptors (Lipinski definition) is 4. The first-order valence-electron chi connectivity index (χ1n) is 7.40. The molecule has 0 bridgehead atoms. The Labute approximate surface area is 145 Å². The number of halogens is 1. The second-order valence-corrected chi connectivity index (χ2v) is 8.38. The first kappa shape index (κ1) is 17.0. The van der Waals surface area contributed by atoms with Gasteiger partial charge in [0.1, 0.15) is 0 Å². The molecule has 0 saturated carbocycles. The van der Waals surface area contributed by atoms with E-state index in [2.05, 4.69) is 0 Å². The van der Waals surface area contributed by atoms with Crippen LogP contribution < -0.4 is 10.6 Å². The van der Waals surface area contributed by atoms with Gasteiger partial charge in [-0.1, -0.05) is 29.8 Å². The van der Waals surface area contributed by atoms with Crippen LogP contribution in [0.1, 0.15) is 11.1 Å². The van der Waals surface area contributed by atoms with E-state index in [1.807, 2.05) is 6.07 Å². The highest BCUT2D eigenvalue weighted by Gasteiger charge is 2.31. The smallest absolute Gasteiger partial charge is 0.244 e. The number of hydrogen-bond donors (Lipinski definition) is 1. The first-order valence-corrected chi connectivity index (χ1v) is 9.67. The summed E-state index contributed by atoms with van der Waals surface area (Å²) in [6, 6.07) is 11.4. The maximum Gasteiger partial charge on any atom is 0.244 e. The topological polar surface area (TPSA) is 80.5 Å². The number of fused-ring (bicyclic) bond motifs is 1. The lowest BCUT2D eigenvalue weighted by Gasteiger charge is -2.33. The van der Waals surface area contributed by atoms with Crippen LogP contribution in [0, 0.1) is 0 Å². The Morgan fingerprint density at radius 3 is 2.67 bits per heavy atom. The predicted molar refractivity (Wildman–Crippen MR) is 93.9 cm³/mol. The van der Waals surface area contributed by atoms with Crippen molar-refractivity contribution >= 4 is 33.0 Å². The highest BCUT2D eigenvalue weighted by Crippen LogP contribution is 2.31. The van der Waals surface area contributed by atoms with Crippen molar-refractivity contribution in [2.45, 2.75) is 23.9 Å². The summed E-state index contributed by atoms with van der Waals surface area (Å²) in [5, 5.41) is 0.575. The van der Waals surface area contributed by atoms with Crippen LogP contribution in [0.4, 0.5) is 5.69 Å². The van der Waals surface area contributed by atoms with E-state index in [1.165, 1.54) is 4.90 Å². The maximum atomic E-state index is 12.6. The van der Waals surface area contributed by atoms with Crippen LogP contribution >= 0.6 is 11.6 Å². The zero-order valence-corrected chi connectivity index (χ0v) is 14.6. The van der Waals surface area contributed by atoms with Gasteiger partial charge in [0, 0.05) is 17.0 Å². The molecule has 2 aromatic rings. The van der Waals surface area contributed by atoms with E-state index in [0.29, 0.717) is 17.1 Å². The fourth-order valence-corrected chi connectivity index (χ4v) is 3.68. The second kappa shape index (κ2) is 6.20. The number of nitrogens with zero attached hydrogens (tertiary/aromatic N) is 1. The number of benzene rings is 2. The molecule has 126 valence electrons. The molecule has 1 atom stereocenters. The molecule has 0 saturated heterocycles. The lowest BCUT2D eigenvalue weighted by molar-refractivity contribution is -0.120. The summed E-state index contributed by atoms with van der Waals surface area (Å²) in [7, 11) is -3.36. The third-order valence-corrected chi connectivity index (χ3v) is 5.37. The van der Waals surface area contributed by atoms with Crippen LogP contribution in [0.25, 0.3) is 0 Å². The summed E-state index contributed by atoms with van der Waals surface area (Å²) >= 11 is 6.01. The summed E-state index contributed by atoms with van der Waals surface area (Å²) in [5.41, 5.74) is 8.25. The van der Waals surface area contributed by atoms with Crippen molar-refractivity contribution in [3.8, 4) is 0 Å². The highest BCUT2D eigenvalue weighted by molar-refractivity contribution is 7.90. The van der Waals surface area contributed by atoms with Crippen LogP contribution in [0.2, 0.25) is 5.02 Å². The first-order chi connectivity index (χ1) is 11.3. The molecule has 2 aromatic carbocycles. The molecule has 1 aliphatic heterocycles. The minimum absolute atomic E-state index is 0.181. The van der Waals surface area contributed by atoms with Crippen molar-refractivity contribution in [3.63, 3.8) is 0 Å². The van der Waals surface area contributed by atoms with Gasteiger partial charge in [-0.3, -0.25) is 4.79 Å². The fraction of sp³-hybridized carbons (Fsp3) is 0.235. The molecule has 5 nitrogen and oxygen atoms in total. The molecule has 0 aromatic heterocycles. The van der Waals surface area contributed by atoms with E-state index in [-0.39, 0.29) is 17.3 Å². The number of nitrogens with two attached hydrogens (primary N) is 1. The number of amides is 1. The van der Waals surface area contributed by atoms with Gasteiger partial charge in [0.2, 0.25) is 5.91 Å². The molecule has 0 unspecified atom stereocenters. The molecule has 2 N–H and O–H groups in total. The summed E-state index contributed by atoms with van der Waals surface area (Å²) < 4.78 is 23.7. The van der Waals surface area contributed by atoms with Gasteiger partial charge >= 0.3 is 0 Å². The monoisotopic (exact) mass is 364 g/mol. The zero-order valence-electron chi connectivity index (χ0n) is 13.1. The van der Waals surface area contributed by atoms with Crippen molar-refractivity contribution in [3.05, 3.63) is 58.6 Å². The van der Waals surface area contributed by atoms with Gasteiger partial charge in [0.05, 0.1) is 17.5 Å². The van der Waals surface area contributed by atoms with Gasteiger partial charge in [-0.05, 0) is 41.8 Å². The summed E-state index contributed by atoms with van der Waals surface area (Å²) in [6.45, 7) is 0.285. The molecular weight excluding hydrogens is 348 g/mol.